The van der Waals surface area contributed by atoms with Crippen LogP contribution in [0.3, 0.4) is 0 Å². The number of hydrogen-bond acceptors (Lipinski definition) is 6. The van der Waals surface area contributed by atoms with E-state index in [1.54, 1.807) is 6.92 Å². The van der Waals surface area contributed by atoms with Crippen LogP contribution in [0, 0.1) is 17.0 Å². The summed E-state index contributed by atoms with van der Waals surface area (Å²) in [5, 5.41) is 23.3. The van der Waals surface area contributed by atoms with Crippen LogP contribution in [0.2, 0.25) is 0 Å². The van der Waals surface area contributed by atoms with E-state index in [0.29, 0.717) is 11.3 Å². The number of aromatic nitrogens is 1. The molecule has 0 saturated carbocycles. The molecule has 1 aromatic heterocycles. The maximum Gasteiger partial charge on any atom is 0.270 e. The molecule has 0 aliphatic carbocycles. The van der Waals surface area contributed by atoms with Crippen LogP contribution < -0.4 is 4.74 Å². The second-order valence-electron chi connectivity index (χ2n) is 4.30. The van der Waals surface area contributed by atoms with E-state index in [1.165, 1.54) is 29.5 Å². The number of ether oxygens (including phenoxy) is 1. The molecule has 0 radical (unpaired) electrons. The van der Waals surface area contributed by atoms with Crippen LogP contribution in [0.25, 0.3) is 0 Å². The Bertz CT molecular complexity index is 625. The van der Waals surface area contributed by atoms with Gasteiger partial charge in [0.25, 0.3) is 5.69 Å². The molecular weight excluding hydrogens is 280 g/mol. The van der Waals surface area contributed by atoms with Gasteiger partial charge in [-0.2, -0.15) is 0 Å². The summed E-state index contributed by atoms with van der Waals surface area (Å²) in [7, 11) is 0. The van der Waals surface area contributed by atoms with Gasteiger partial charge in [-0.25, -0.2) is 4.98 Å². The Kier molecular flexibility index (Phi) is 4.31. The van der Waals surface area contributed by atoms with Gasteiger partial charge in [0.2, 0.25) is 0 Å². The van der Waals surface area contributed by atoms with Gasteiger partial charge in [-0.15, -0.1) is 11.3 Å². The van der Waals surface area contributed by atoms with E-state index in [4.69, 9.17) is 4.74 Å². The molecule has 2 rings (SSSR count). The molecule has 1 atom stereocenters. The fourth-order valence-electron chi connectivity index (χ4n) is 1.73. The monoisotopic (exact) mass is 294 g/mol. The second kappa shape index (κ2) is 5.98. The summed E-state index contributed by atoms with van der Waals surface area (Å²) >= 11 is 1.53. The van der Waals surface area contributed by atoms with Gasteiger partial charge < -0.3 is 9.84 Å². The smallest absolute Gasteiger partial charge is 0.270 e. The SMILES string of the molecule is Cc1nc(COc2ccc([N+](=O)[O-])cc2[C@@H](C)O)cs1. The Morgan fingerprint density at radius 1 is 1.55 bits per heavy atom. The Morgan fingerprint density at radius 3 is 2.85 bits per heavy atom. The van der Waals surface area contributed by atoms with Gasteiger partial charge >= 0.3 is 0 Å². The van der Waals surface area contributed by atoms with Gasteiger partial charge in [0.15, 0.2) is 0 Å². The van der Waals surface area contributed by atoms with E-state index in [1.807, 2.05) is 12.3 Å². The number of rotatable bonds is 5. The van der Waals surface area contributed by atoms with Gasteiger partial charge in [0.05, 0.1) is 21.7 Å². The topological polar surface area (TPSA) is 85.5 Å². The van der Waals surface area contributed by atoms with Crippen molar-refractivity contribution in [3.63, 3.8) is 0 Å². The van der Waals surface area contributed by atoms with Crippen molar-refractivity contribution in [3.05, 3.63) is 50.0 Å². The lowest BCUT2D eigenvalue weighted by atomic mass is 10.1. The molecule has 0 unspecified atom stereocenters. The van der Waals surface area contributed by atoms with Crippen molar-refractivity contribution in [3.8, 4) is 5.75 Å². The summed E-state index contributed by atoms with van der Waals surface area (Å²) in [4.78, 5) is 14.5. The Morgan fingerprint density at radius 2 is 2.30 bits per heavy atom. The number of benzene rings is 1. The number of aliphatic hydroxyl groups excluding tert-OH is 1. The normalized spacial score (nSPS) is 12.2. The van der Waals surface area contributed by atoms with Gasteiger partial charge in [-0.05, 0) is 19.9 Å². The van der Waals surface area contributed by atoms with Gasteiger partial charge in [0.1, 0.15) is 12.4 Å². The molecule has 0 bridgehead atoms. The predicted octanol–water partition coefficient (Wildman–Crippen LogP) is 2.99. The molecule has 7 heteroatoms. The van der Waals surface area contributed by atoms with Gasteiger partial charge in [-0.3, -0.25) is 10.1 Å². The molecular formula is C13H14N2O4S. The number of hydrogen-bond donors (Lipinski definition) is 1. The summed E-state index contributed by atoms with van der Waals surface area (Å²) in [5.41, 5.74) is 1.12. The molecule has 1 N–H and O–H groups in total. The maximum absolute atomic E-state index is 10.7. The highest BCUT2D eigenvalue weighted by Gasteiger charge is 2.15. The number of thiazole rings is 1. The molecule has 20 heavy (non-hydrogen) atoms. The zero-order valence-corrected chi connectivity index (χ0v) is 11.9. The van der Waals surface area contributed by atoms with Crippen molar-refractivity contribution in [2.24, 2.45) is 0 Å². The summed E-state index contributed by atoms with van der Waals surface area (Å²) < 4.78 is 5.59. The highest BCUT2D eigenvalue weighted by atomic mass is 32.1. The van der Waals surface area contributed by atoms with Crippen molar-refractivity contribution in [1.29, 1.82) is 0 Å². The van der Waals surface area contributed by atoms with Crippen molar-refractivity contribution >= 4 is 17.0 Å². The first-order valence-electron chi connectivity index (χ1n) is 5.97. The van der Waals surface area contributed by atoms with E-state index in [0.717, 1.165) is 10.7 Å². The number of aryl methyl sites for hydroxylation is 1. The molecule has 0 spiro atoms. The van der Waals surface area contributed by atoms with E-state index < -0.39 is 11.0 Å². The Labute approximate surface area is 119 Å². The first-order chi connectivity index (χ1) is 9.47. The van der Waals surface area contributed by atoms with Crippen LogP contribution in [-0.4, -0.2) is 15.0 Å². The molecule has 2 aromatic rings. The molecule has 6 nitrogen and oxygen atoms in total. The van der Waals surface area contributed by atoms with E-state index in [2.05, 4.69) is 4.98 Å². The summed E-state index contributed by atoms with van der Waals surface area (Å²) in [6, 6.07) is 4.18. The standard InChI is InChI=1S/C13H14N2O4S/c1-8(16)12-5-11(15(17)18)3-4-13(12)19-6-10-7-20-9(2)14-10/h3-5,7-8,16H,6H2,1-2H3/t8-/m1/s1. The van der Waals surface area contributed by atoms with E-state index >= 15 is 0 Å². The summed E-state index contributed by atoms with van der Waals surface area (Å²) in [6.45, 7) is 3.71. The minimum Gasteiger partial charge on any atom is -0.487 e. The van der Waals surface area contributed by atoms with E-state index in [-0.39, 0.29) is 12.3 Å². The quantitative estimate of drug-likeness (QED) is 0.676. The number of nitro benzene ring substituents is 1. The summed E-state index contributed by atoms with van der Waals surface area (Å²) in [5.74, 6) is 0.427. The van der Waals surface area contributed by atoms with Crippen LogP contribution in [0.15, 0.2) is 23.6 Å². The lowest BCUT2D eigenvalue weighted by Gasteiger charge is -2.12. The second-order valence-corrected chi connectivity index (χ2v) is 5.36. The lowest BCUT2D eigenvalue weighted by Crippen LogP contribution is -2.02. The fraction of sp³-hybridized carbons (Fsp3) is 0.308. The van der Waals surface area contributed by atoms with Gasteiger partial charge in [-0.1, -0.05) is 0 Å². The first kappa shape index (κ1) is 14.4. The minimum atomic E-state index is -0.845. The van der Waals surface area contributed by atoms with Crippen LogP contribution in [0.4, 0.5) is 5.69 Å². The van der Waals surface area contributed by atoms with Crippen molar-refractivity contribution in [1.82, 2.24) is 4.98 Å². The fourth-order valence-corrected chi connectivity index (χ4v) is 2.33. The van der Waals surface area contributed by atoms with Crippen molar-refractivity contribution in [2.75, 3.05) is 0 Å². The number of nitro groups is 1. The first-order valence-corrected chi connectivity index (χ1v) is 6.85. The molecule has 0 aliphatic rings. The third kappa shape index (κ3) is 3.31. The van der Waals surface area contributed by atoms with Crippen LogP contribution in [0.5, 0.6) is 5.75 Å². The van der Waals surface area contributed by atoms with Gasteiger partial charge in [0, 0.05) is 23.1 Å². The number of aliphatic hydroxyl groups is 1. The Balaban J connectivity index is 2.20. The minimum absolute atomic E-state index is 0.0715. The Hall–Kier alpha value is -1.99. The van der Waals surface area contributed by atoms with E-state index in [9.17, 15) is 15.2 Å². The molecule has 0 amide bonds. The molecule has 0 saturated heterocycles. The van der Waals surface area contributed by atoms with Crippen molar-refractivity contribution in [2.45, 2.75) is 26.6 Å². The molecule has 0 aliphatic heterocycles. The zero-order chi connectivity index (χ0) is 14.7. The molecule has 1 heterocycles. The van der Waals surface area contributed by atoms with Crippen LogP contribution >= 0.6 is 11.3 Å². The average Bonchev–Trinajstić information content (AvgIpc) is 2.81. The average molecular weight is 294 g/mol. The van der Waals surface area contributed by atoms with Crippen LogP contribution in [-0.2, 0) is 6.61 Å². The third-order valence-electron chi connectivity index (χ3n) is 2.70. The number of non-ortho nitro benzene ring substituents is 1. The zero-order valence-electron chi connectivity index (χ0n) is 11.1. The number of nitrogens with zero attached hydrogens (tertiary/aromatic N) is 2. The summed E-state index contributed by atoms with van der Waals surface area (Å²) in [6.07, 6.45) is -0.845. The predicted molar refractivity (Wildman–Crippen MR) is 74.9 cm³/mol. The maximum atomic E-state index is 10.7. The van der Waals surface area contributed by atoms with Crippen LogP contribution in [0.1, 0.15) is 29.3 Å². The molecule has 1 aromatic carbocycles. The van der Waals surface area contributed by atoms with Crippen molar-refractivity contribution < 1.29 is 14.8 Å². The lowest BCUT2D eigenvalue weighted by molar-refractivity contribution is -0.385. The third-order valence-corrected chi connectivity index (χ3v) is 3.52. The highest BCUT2D eigenvalue weighted by molar-refractivity contribution is 7.09. The highest BCUT2D eigenvalue weighted by Crippen LogP contribution is 2.29. The molecule has 0 fully saturated rings. The largest absolute Gasteiger partial charge is 0.487 e. The molecule has 106 valence electrons.